The van der Waals surface area contributed by atoms with Crippen LogP contribution >= 0.6 is 11.6 Å². The fourth-order valence-electron chi connectivity index (χ4n) is 3.29. The number of aromatic nitrogens is 3. The van der Waals surface area contributed by atoms with Gasteiger partial charge in [0.1, 0.15) is 22.0 Å². The maximum absolute atomic E-state index is 13.6. The molecule has 0 unspecified atom stereocenters. The number of rotatable bonds is 4. The average Bonchev–Trinajstić information content (AvgIpc) is 3.09. The summed E-state index contributed by atoms with van der Waals surface area (Å²) < 4.78 is 39.9. The number of pyridine rings is 2. The Kier molecular flexibility index (Phi) is 6.21. The van der Waals surface area contributed by atoms with Crippen molar-refractivity contribution in [2.45, 2.75) is 31.3 Å². The van der Waals surface area contributed by atoms with E-state index >= 15 is 0 Å². The van der Waals surface area contributed by atoms with Gasteiger partial charge in [-0.1, -0.05) is 17.7 Å². The lowest BCUT2D eigenvalue weighted by atomic mass is 10.2. The number of amides is 1. The summed E-state index contributed by atoms with van der Waals surface area (Å²) in [7, 11) is -4.45. The van der Waals surface area contributed by atoms with Gasteiger partial charge in [-0.3, -0.25) is 4.40 Å². The van der Waals surface area contributed by atoms with Crippen molar-refractivity contribution in [2.24, 2.45) is 0 Å². The number of morpholine rings is 1. The number of sulfonamides is 1. The fourth-order valence-corrected chi connectivity index (χ4v) is 4.84. The molecule has 4 rings (SSSR count). The highest BCUT2D eigenvalue weighted by atomic mass is 35.5. The predicted molar refractivity (Wildman–Crippen MR) is 123 cm³/mol. The van der Waals surface area contributed by atoms with Gasteiger partial charge in [0.05, 0.1) is 13.2 Å². The van der Waals surface area contributed by atoms with Gasteiger partial charge in [0.15, 0.2) is 11.0 Å². The number of carbonyl (C=O) groups is 1. The highest BCUT2D eigenvalue weighted by Gasteiger charge is 2.38. The van der Waals surface area contributed by atoms with Crippen molar-refractivity contribution in [3.05, 3.63) is 47.9 Å². The molecule has 3 aromatic rings. The molecule has 33 heavy (non-hydrogen) atoms. The molecular formula is C21H24ClN5O5S. The van der Waals surface area contributed by atoms with Crippen molar-refractivity contribution in [3.8, 4) is 0 Å². The number of ether oxygens (including phenoxy) is 2. The summed E-state index contributed by atoms with van der Waals surface area (Å²) in [6, 6.07) is 8.08. The van der Waals surface area contributed by atoms with Crippen molar-refractivity contribution in [3.63, 3.8) is 0 Å². The van der Waals surface area contributed by atoms with Gasteiger partial charge in [-0.15, -0.1) is 4.31 Å². The number of carbonyl (C=O) groups excluding carboxylic acids is 1. The fraction of sp³-hybridized carbons (Fsp3) is 0.381. The minimum atomic E-state index is -4.45. The van der Waals surface area contributed by atoms with Gasteiger partial charge in [0.2, 0.25) is 0 Å². The second kappa shape index (κ2) is 8.81. The smallest absolute Gasteiger partial charge is 0.430 e. The molecule has 1 fully saturated rings. The van der Waals surface area contributed by atoms with Crippen LogP contribution in [0.15, 0.2) is 47.6 Å². The molecule has 4 heterocycles. The van der Waals surface area contributed by atoms with E-state index in [0.29, 0.717) is 42.1 Å². The van der Waals surface area contributed by atoms with Gasteiger partial charge in [-0.05, 0) is 45.0 Å². The normalized spacial score (nSPS) is 15.0. The lowest BCUT2D eigenvalue weighted by Crippen LogP contribution is -2.41. The van der Waals surface area contributed by atoms with E-state index in [0.717, 1.165) is 0 Å². The highest BCUT2D eigenvalue weighted by Crippen LogP contribution is 2.32. The molecular weight excluding hydrogens is 470 g/mol. The number of hydrogen-bond acceptors (Lipinski definition) is 8. The third-order valence-corrected chi connectivity index (χ3v) is 6.79. The van der Waals surface area contributed by atoms with Crippen LogP contribution in [0.2, 0.25) is 5.15 Å². The Labute approximate surface area is 196 Å². The predicted octanol–water partition coefficient (Wildman–Crippen LogP) is 3.35. The quantitative estimate of drug-likeness (QED) is 0.544. The van der Waals surface area contributed by atoms with Crippen LogP contribution in [0.4, 0.5) is 16.4 Å². The molecule has 0 N–H and O–H groups in total. The summed E-state index contributed by atoms with van der Waals surface area (Å²) in [5, 5.41) is -0.0436. The molecule has 3 aromatic heterocycles. The molecule has 1 aliphatic heterocycles. The first-order valence-corrected chi connectivity index (χ1v) is 12.1. The van der Waals surface area contributed by atoms with Gasteiger partial charge in [-0.25, -0.2) is 23.2 Å². The lowest BCUT2D eigenvalue weighted by Gasteiger charge is -2.28. The summed E-state index contributed by atoms with van der Waals surface area (Å²) >= 11 is 6.44. The Hall–Kier alpha value is -2.89. The van der Waals surface area contributed by atoms with Crippen LogP contribution < -0.4 is 9.21 Å². The molecule has 0 radical (unpaired) electrons. The Morgan fingerprint density at radius 1 is 1.18 bits per heavy atom. The van der Waals surface area contributed by atoms with Gasteiger partial charge in [0, 0.05) is 25.5 Å². The molecule has 0 aromatic carbocycles. The maximum Gasteiger partial charge on any atom is 0.430 e. The molecule has 1 saturated heterocycles. The Bertz CT molecular complexity index is 1260. The summed E-state index contributed by atoms with van der Waals surface area (Å²) in [6.45, 7) is 7.36. The van der Waals surface area contributed by atoms with Crippen molar-refractivity contribution >= 4 is 45.0 Å². The average molecular weight is 494 g/mol. The molecule has 0 saturated carbocycles. The summed E-state index contributed by atoms with van der Waals surface area (Å²) in [6.07, 6.45) is 1.71. The van der Waals surface area contributed by atoms with Gasteiger partial charge in [0.25, 0.3) is 10.0 Å². The first kappa shape index (κ1) is 23.3. The Balaban J connectivity index is 1.77. The van der Waals surface area contributed by atoms with Crippen LogP contribution in [0.25, 0.3) is 5.65 Å². The van der Waals surface area contributed by atoms with Crippen LogP contribution in [-0.4, -0.2) is 60.8 Å². The van der Waals surface area contributed by atoms with Crippen LogP contribution in [0, 0.1) is 0 Å². The molecule has 10 nitrogen and oxygen atoms in total. The van der Waals surface area contributed by atoms with Crippen LogP contribution in [0.1, 0.15) is 20.8 Å². The molecule has 0 spiro atoms. The van der Waals surface area contributed by atoms with Crippen molar-refractivity contribution in [2.75, 3.05) is 35.5 Å². The second-order valence-electron chi connectivity index (χ2n) is 8.36. The van der Waals surface area contributed by atoms with E-state index in [1.54, 1.807) is 51.2 Å². The summed E-state index contributed by atoms with van der Waals surface area (Å²) in [5.41, 5.74) is -0.573. The zero-order chi connectivity index (χ0) is 23.8. The second-order valence-corrected chi connectivity index (χ2v) is 10.5. The van der Waals surface area contributed by atoms with Crippen molar-refractivity contribution in [1.82, 2.24) is 14.4 Å². The standard InChI is InChI=1S/C21H24ClN5O5S/c1-21(2,3)32-20(28)27(19-18(22)26-9-5-4-6-17(26)24-19)33(29,30)15-7-8-16(23-14-15)25-10-12-31-13-11-25/h4-9,14H,10-13H2,1-3H3. The highest BCUT2D eigenvalue weighted by molar-refractivity contribution is 7.93. The van der Waals surface area contributed by atoms with Crippen LogP contribution in [-0.2, 0) is 19.5 Å². The molecule has 176 valence electrons. The van der Waals surface area contributed by atoms with Crippen LogP contribution in [0.5, 0.6) is 0 Å². The number of fused-ring (bicyclic) bond motifs is 1. The molecule has 0 aliphatic carbocycles. The first-order valence-electron chi connectivity index (χ1n) is 10.3. The van der Waals surface area contributed by atoms with Crippen LogP contribution in [0.3, 0.4) is 0 Å². The van der Waals surface area contributed by atoms with Crippen molar-refractivity contribution in [1.29, 1.82) is 0 Å². The number of imidazole rings is 1. The molecule has 1 amide bonds. The van der Waals surface area contributed by atoms with Gasteiger partial charge in [-0.2, -0.15) is 0 Å². The molecule has 1 aliphatic rings. The number of hydrogen-bond donors (Lipinski definition) is 0. The summed E-state index contributed by atoms with van der Waals surface area (Å²) in [5.74, 6) is 0.362. The van der Waals surface area contributed by atoms with E-state index in [-0.39, 0.29) is 15.9 Å². The van der Waals surface area contributed by atoms with Crippen molar-refractivity contribution < 1.29 is 22.7 Å². The zero-order valence-corrected chi connectivity index (χ0v) is 20.0. The van der Waals surface area contributed by atoms with E-state index < -0.39 is 21.7 Å². The lowest BCUT2D eigenvalue weighted by molar-refractivity contribution is 0.0608. The number of anilines is 2. The van der Waals surface area contributed by atoms with E-state index in [9.17, 15) is 13.2 Å². The molecule has 0 bridgehead atoms. The largest absolute Gasteiger partial charge is 0.443 e. The molecule has 12 heteroatoms. The minimum Gasteiger partial charge on any atom is -0.443 e. The minimum absolute atomic E-state index is 0.0436. The number of nitrogens with zero attached hydrogens (tertiary/aromatic N) is 5. The Morgan fingerprint density at radius 3 is 2.52 bits per heavy atom. The first-order chi connectivity index (χ1) is 15.6. The summed E-state index contributed by atoms with van der Waals surface area (Å²) in [4.78, 5) is 23.5. The topological polar surface area (TPSA) is 106 Å². The third-order valence-electron chi connectivity index (χ3n) is 4.80. The SMILES string of the molecule is CC(C)(C)OC(=O)N(c1nc2ccccn2c1Cl)S(=O)(=O)c1ccc(N2CCOCC2)nc1. The zero-order valence-electron chi connectivity index (χ0n) is 18.4. The van der Waals surface area contributed by atoms with E-state index in [2.05, 4.69) is 9.97 Å². The monoisotopic (exact) mass is 493 g/mol. The van der Waals surface area contributed by atoms with E-state index in [4.69, 9.17) is 21.1 Å². The number of halogens is 1. The Morgan fingerprint density at radius 2 is 1.91 bits per heavy atom. The van der Waals surface area contributed by atoms with E-state index in [1.165, 1.54) is 16.7 Å². The van der Waals surface area contributed by atoms with E-state index in [1.807, 2.05) is 4.90 Å². The molecule has 0 atom stereocenters. The van der Waals surface area contributed by atoms with Gasteiger partial charge >= 0.3 is 6.09 Å². The maximum atomic E-state index is 13.6. The third kappa shape index (κ3) is 4.75. The van der Waals surface area contributed by atoms with Gasteiger partial charge < -0.3 is 14.4 Å².